The molecule has 0 radical (unpaired) electrons. The Morgan fingerprint density at radius 2 is 1.16 bits per heavy atom. The molecular weight excluding hydrogens is 961 g/mol. The van der Waals surface area contributed by atoms with Gasteiger partial charge in [0.15, 0.2) is 0 Å². The van der Waals surface area contributed by atoms with E-state index in [2.05, 4.69) is 37.2 Å². The fourth-order valence-corrected chi connectivity index (χ4v) is 8.06. The highest BCUT2D eigenvalue weighted by molar-refractivity contribution is 5.98. The standard InChI is InChI=1S/C51H68N10O13/c1-29(2)23-37(48(70)60-40(28-62)51(73)74)57-44(66)30(3)55-47(69)38(25-31-11-6-4-7-12-31)58-46(68)36(20-21-42(53)64)56-43(65)27-54-49(71)41-15-10-22-61(41)50(72)39(26-32-13-8-5-9-14-32)59-45(67)35(52)24-33-16-18-34(63)19-17-33/h4-9,11-14,16-19,29-30,35-41,62-63H,10,15,20-28,52H2,1-3H3,(H2,53,64)(H,54,71)(H,55,69)(H,56,65)(H,57,66)(H,58,68)(H,59,67)(H,60,70)(H,73,74)/t30-,35-,36-,37-,38-,39-,40-,41-/m0/s1. The number of aliphatic hydroxyl groups excluding tert-OH is 1. The molecule has 1 aliphatic rings. The van der Waals surface area contributed by atoms with Crippen LogP contribution in [-0.2, 0) is 67.2 Å². The molecule has 74 heavy (non-hydrogen) atoms. The third kappa shape index (κ3) is 18.9. The molecule has 1 heterocycles. The Balaban J connectivity index is 1.44. The van der Waals surface area contributed by atoms with Crippen LogP contribution in [-0.4, -0.2) is 147 Å². The summed E-state index contributed by atoms with van der Waals surface area (Å²) in [6.07, 6.45) is 0.0915. The van der Waals surface area contributed by atoms with Gasteiger partial charge in [0, 0.05) is 25.8 Å². The average Bonchev–Trinajstić information content (AvgIpc) is 3.86. The fraction of sp³-hybridized carbons (Fsp3) is 0.451. The van der Waals surface area contributed by atoms with E-state index in [1.54, 1.807) is 86.6 Å². The first-order valence-electron chi connectivity index (χ1n) is 24.3. The summed E-state index contributed by atoms with van der Waals surface area (Å²) in [6, 6.07) is 13.3. The number of phenols is 1. The van der Waals surface area contributed by atoms with Crippen molar-refractivity contribution < 1.29 is 63.3 Å². The van der Waals surface area contributed by atoms with Gasteiger partial charge in [-0.05, 0) is 73.8 Å². The molecule has 400 valence electrons. The van der Waals surface area contributed by atoms with Crippen molar-refractivity contribution in [2.75, 3.05) is 19.7 Å². The number of carboxylic acid groups (broad SMARTS) is 1. The number of benzene rings is 3. The molecule has 1 aliphatic heterocycles. The minimum absolute atomic E-state index is 0.0448. The van der Waals surface area contributed by atoms with Gasteiger partial charge in [0.05, 0.1) is 19.2 Å². The summed E-state index contributed by atoms with van der Waals surface area (Å²) < 4.78 is 0. The van der Waals surface area contributed by atoms with Crippen LogP contribution in [0.15, 0.2) is 84.9 Å². The van der Waals surface area contributed by atoms with Crippen LogP contribution in [0.1, 0.15) is 69.6 Å². The van der Waals surface area contributed by atoms with Gasteiger partial charge in [-0.15, -0.1) is 0 Å². The molecule has 0 bridgehead atoms. The highest BCUT2D eigenvalue weighted by atomic mass is 16.4. The van der Waals surface area contributed by atoms with E-state index in [-0.39, 0.29) is 63.2 Å². The molecule has 4 rings (SSSR count). The minimum Gasteiger partial charge on any atom is -0.508 e. The van der Waals surface area contributed by atoms with Crippen molar-refractivity contribution in [3.05, 3.63) is 102 Å². The van der Waals surface area contributed by atoms with Crippen molar-refractivity contribution in [1.29, 1.82) is 0 Å². The molecule has 1 saturated heterocycles. The van der Waals surface area contributed by atoms with Crippen molar-refractivity contribution in [1.82, 2.24) is 42.1 Å². The van der Waals surface area contributed by atoms with E-state index in [1.165, 1.54) is 24.0 Å². The lowest BCUT2D eigenvalue weighted by molar-refractivity contribution is -0.143. The maximum Gasteiger partial charge on any atom is 0.328 e. The molecule has 23 heteroatoms. The summed E-state index contributed by atoms with van der Waals surface area (Å²) in [5.41, 5.74) is 13.6. The van der Waals surface area contributed by atoms with E-state index < -0.39 is 121 Å². The molecule has 23 nitrogen and oxygen atoms in total. The third-order valence-corrected chi connectivity index (χ3v) is 12.0. The number of phenolic OH excluding ortho intramolecular Hbond substituents is 1. The van der Waals surface area contributed by atoms with E-state index in [4.69, 9.17) is 11.5 Å². The van der Waals surface area contributed by atoms with Crippen LogP contribution in [0, 0.1) is 5.92 Å². The first kappa shape index (κ1) is 58.6. The normalized spacial score (nSPS) is 15.9. The SMILES string of the molecule is CC(C)C[C@H](NC(=O)[C@H](C)NC(=O)[C@H](Cc1ccccc1)NC(=O)[C@H](CCC(N)=O)NC(=O)CNC(=O)[C@@H]1CCCN1C(=O)[C@H](Cc1ccccc1)NC(=O)[C@@H](N)Cc1ccc(O)cc1)C(=O)N[C@@H](CO)C(=O)O. The smallest absolute Gasteiger partial charge is 0.328 e. The minimum atomic E-state index is -1.63. The van der Waals surface area contributed by atoms with Crippen LogP contribution in [0.2, 0.25) is 0 Å². The Labute approximate surface area is 428 Å². The van der Waals surface area contributed by atoms with Gasteiger partial charge >= 0.3 is 5.97 Å². The predicted molar refractivity (Wildman–Crippen MR) is 268 cm³/mol. The number of nitrogens with one attached hydrogen (secondary N) is 7. The third-order valence-electron chi connectivity index (χ3n) is 12.0. The van der Waals surface area contributed by atoms with Gasteiger partial charge in [-0.25, -0.2) is 4.79 Å². The molecular formula is C51H68N10O13. The number of carboxylic acids is 1. The molecule has 3 aromatic carbocycles. The maximum atomic E-state index is 14.2. The number of nitrogens with two attached hydrogens (primary N) is 2. The van der Waals surface area contributed by atoms with Crippen LogP contribution in [0.3, 0.4) is 0 Å². The first-order chi connectivity index (χ1) is 35.1. The zero-order valence-electron chi connectivity index (χ0n) is 41.6. The lowest BCUT2D eigenvalue weighted by atomic mass is 10.0. The zero-order valence-corrected chi connectivity index (χ0v) is 41.6. The van der Waals surface area contributed by atoms with Gasteiger partial charge in [-0.3, -0.25) is 43.2 Å². The molecule has 9 amide bonds. The Kier molecular flexibility index (Phi) is 22.9. The van der Waals surface area contributed by atoms with Gasteiger partial charge in [0.25, 0.3) is 0 Å². The Morgan fingerprint density at radius 1 is 0.635 bits per heavy atom. The number of likely N-dealkylation sites (tertiary alicyclic amines) is 1. The van der Waals surface area contributed by atoms with Crippen LogP contribution in [0.25, 0.3) is 0 Å². The Morgan fingerprint density at radius 3 is 1.73 bits per heavy atom. The highest BCUT2D eigenvalue weighted by Crippen LogP contribution is 2.20. The van der Waals surface area contributed by atoms with Crippen LogP contribution in [0.5, 0.6) is 5.75 Å². The number of primary amides is 1. The van der Waals surface area contributed by atoms with E-state index in [1.807, 2.05) is 0 Å². The van der Waals surface area contributed by atoms with Crippen molar-refractivity contribution >= 4 is 59.1 Å². The summed E-state index contributed by atoms with van der Waals surface area (Å²) in [7, 11) is 0. The quantitative estimate of drug-likeness (QED) is 0.0381. The largest absolute Gasteiger partial charge is 0.508 e. The second-order valence-corrected chi connectivity index (χ2v) is 18.5. The number of hydrogen-bond donors (Lipinski definition) is 12. The van der Waals surface area contributed by atoms with E-state index in [9.17, 15) is 63.3 Å². The molecule has 0 unspecified atom stereocenters. The second kappa shape index (κ2) is 28.9. The van der Waals surface area contributed by atoms with Crippen molar-refractivity contribution in [2.24, 2.45) is 17.4 Å². The fourth-order valence-electron chi connectivity index (χ4n) is 8.06. The van der Waals surface area contributed by atoms with Crippen LogP contribution >= 0.6 is 0 Å². The maximum absolute atomic E-state index is 14.2. The molecule has 1 fully saturated rings. The molecule has 3 aromatic rings. The molecule has 0 spiro atoms. The molecule has 14 N–H and O–H groups in total. The second-order valence-electron chi connectivity index (χ2n) is 18.5. The Hall–Kier alpha value is -7.92. The van der Waals surface area contributed by atoms with Crippen LogP contribution in [0.4, 0.5) is 0 Å². The number of amides is 9. The van der Waals surface area contributed by atoms with Gasteiger partial charge < -0.3 is 68.9 Å². The molecule has 0 aliphatic carbocycles. The molecule has 0 saturated carbocycles. The van der Waals surface area contributed by atoms with Gasteiger partial charge in [0.2, 0.25) is 53.2 Å². The van der Waals surface area contributed by atoms with Crippen molar-refractivity contribution in [2.45, 2.75) is 120 Å². The number of aromatic hydroxyl groups is 1. The highest BCUT2D eigenvalue weighted by Gasteiger charge is 2.39. The number of hydrogen-bond acceptors (Lipinski definition) is 13. The number of aliphatic carboxylic acids is 1. The Bertz CT molecular complexity index is 2430. The van der Waals surface area contributed by atoms with E-state index in [0.717, 1.165) is 5.56 Å². The predicted octanol–water partition coefficient (Wildman–Crippen LogP) is -1.83. The van der Waals surface area contributed by atoms with Gasteiger partial charge in [-0.1, -0.05) is 86.6 Å². The van der Waals surface area contributed by atoms with Crippen molar-refractivity contribution in [3.63, 3.8) is 0 Å². The van der Waals surface area contributed by atoms with Crippen molar-refractivity contribution in [3.8, 4) is 5.75 Å². The summed E-state index contributed by atoms with van der Waals surface area (Å²) in [6.45, 7) is 3.41. The average molecular weight is 1030 g/mol. The number of carbonyl (C=O) groups is 10. The number of aliphatic hydroxyl groups is 1. The topological polar surface area (TPSA) is 371 Å². The summed E-state index contributed by atoms with van der Waals surface area (Å²) >= 11 is 0. The number of nitrogens with zero attached hydrogens (tertiary/aromatic N) is 1. The van der Waals surface area contributed by atoms with E-state index >= 15 is 0 Å². The lowest BCUT2D eigenvalue weighted by Crippen LogP contribution is -2.59. The van der Waals surface area contributed by atoms with Crippen LogP contribution < -0.4 is 48.7 Å². The first-order valence-corrected chi connectivity index (χ1v) is 24.3. The molecule has 8 atom stereocenters. The van der Waals surface area contributed by atoms with E-state index in [0.29, 0.717) is 17.5 Å². The van der Waals surface area contributed by atoms with Gasteiger partial charge in [-0.2, -0.15) is 0 Å². The number of carbonyl (C=O) groups excluding carboxylic acids is 9. The zero-order chi connectivity index (χ0) is 54.5. The van der Waals surface area contributed by atoms with Gasteiger partial charge in [0.1, 0.15) is 48.0 Å². The number of rotatable bonds is 28. The lowest BCUT2D eigenvalue weighted by Gasteiger charge is -2.29. The summed E-state index contributed by atoms with van der Waals surface area (Å²) in [5, 5.41) is 45.9. The molecule has 0 aromatic heterocycles. The summed E-state index contributed by atoms with van der Waals surface area (Å²) in [5.74, 6) is -8.65. The monoisotopic (exact) mass is 1030 g/mol. The summed E-state index contributed by atoms with van der Waals surface area (Å²) in [4.78, 5) is 134.